The number of carbonyl (C=O) groups excluding carboxylic acids is 1. The summed E-state index contributed by atoms with van der Waals surface area (Å²) in [6.45, 7) is 2.51. The lowest BCUT2D eigenvalue weighted by atomic mass is 10.1. The first kappa shape index (κ1) is 20.0. The number of likely N-dealkylation sites (tertiary alicyclic amines) is 1. The van der Waals surface area contributed by atoms with Crippen molar-refractivity contribution in [2.45, 2.75) is 30.1 Å². The van der Waals surface area contributed by atoms with Crippen LogP contribution < -0.4 is 0 Å². The zero-order valence-corrected chi connectivity index (χ0v) is 16.9. The van der Waals surface area contributed by atoms with Crippen LogP contribution >= 0.6 is 0 Å². The quantitative estimate of drug-likeness (QED) is 0.741. The van der Waals surface area contributed by atoms with Gasteiger partial charge in [0.2, 0.25) is 5.91 Å². The van der Waals surface area contributed by atoms with Gasteiger partial charge in [0.15, 0.2) is 9.84 Å². The summed E-state index contributed by atoms with van der Waals surface area (Å²) in [7, 11) is -3.21. The number of rotatable bonds is 5. The first-order valence-electron chi connectivity index (χ1n) is 9.46. The molecule has 2 saturated heterocycles. The van der Waals surface area contributed by atoms with Gasteiger partial charge < -0.3 is 9.64 Å². The van der Waals surface area contributed by atoms with Gasteiger partial charge >= 0.3 is 0 Å². The molecule has 2 aromatic carbocycles. The maximum Gasteiger partial charge on any atom is 0.249 e. The van der Waals surface area contributed by atoms with E-state index < -0.39 is 9.84 Å². The van der Waals surface area contributed by atoms with Crippen LogP contribution in [0.4, 0.5) is 4.39 Å². The van der Waals surface area contributed by atoms with Gasteiger partial charge in [0, 0.05) is 32.4 Å². The Morgan fingerprint density at radius 1 is 1.00 bits per heavy atom. The summed E-state index contributed by atoms with van der Waals surface area (Å²) in [5, 5.41) is 0. The summed E-state index contributed by atoms with van der Waals surface area (Å²) in [4.78, 5) is 16.8. The molecule has 6 nitrogen and oxygen atoms in total. The Balaban J connectivity index is 1.44. The van der Waals surface area contributed by atoms with Crippen molar-refractivity contribution in [2.24, 2.45) is 0 Å². The van der Waals surface area contributed by atoms with Gasteiger partial charge in [-0.15, -0.1) is 0 Å². The van der Waals surface area contributed by atoms with Crippen molar-refractivity contribution >= 4 is 15.7 Å². The van der Waals surface area contributed by atoms with Gasteiger partial charge in [-0.25, -0.2) is 12.8 Å². The number of carbonyl (C=O) groups is 1. The number of benzene rings is 2. The lowest BCUT2D eigenvalue weighted by Crippen LogP contribution is -2.53. The largest absolute Gasteiger partial charge is 0.365 e. The van der Waals surface area contributed by atoms with Crippen LogP contribution in [-0.4, -0.2) is 62.2 Å². The van der Waals surface area contributed by atoms with E-state index in [1.165, 1.54) is 18.4 Å². The fourth-order valence-corrected chi connectivity index (χ4v) is 4.59. The molecule has 154 valence electrons. The van der Waals surface area contributed by atoms with E-state index in [0.29, 0.717) is 31.1 Å². The number of hydrogen-bond donors (Lipinski definition) is 0. The molecule has 2 atom stereocenters. The van der Waals surface area contributed by atoms with Crippen molar-refractivity contribution in [2.75, 3.05) is 26.0 Å². The Kier molecular flexibility index (Phi) is 5.42. The molecule has 2 aliphatic rings. The molecule has 1 amide bonds. The minimum atomic E-state index is -3.21. The lowest BCUT2D eigenvalue weighted by molar-refractivity contribution is -0.153. The molecule has 4 rings (SSSR count). The second kappa shape index (κ2) is 7.85. The molecular weight excluding hydrogens is 395 g/mol. The summed E-state index contributed by atoms with van der Waals surface area (Å²) in [5.41, 5.74) is 1.89. The molecular formula is C21H23FN2O4S. The Bertz CT molecular complexity index is 992. The van der Waals surface area contributed by atoms with Gasteiger partial charge in [0.25, 0.3) is 0 Å². The SMILES string of the molecule is CS(=O)(=O)c1ccc(CN2C[C@@H]3OCC(=O)N(Cc4ccc(F)cc4)[C@@H]3C2)cc1. The number of amides is 1. The van der Waals surface area contributed by atoms with Crippen LogP contribution in [0.5, 0.6) is 0 Å². The normalized spacial score (nSPS) is 22.7. The molecule has 0 bridgehead atoms. The van der Waals surface area contributed by atoms with E-state index in [1.807, 2.05) is 17.0 Å². The molecule has 29 heavy (non-hydrogen) atoms. The molecule has 2 heterocycles. The van der Waals surface area contributed by atoms with E-state index in [2.05, 4.69) is 4.90 Å². The van der Waals surface area contributed by atoms with E-state index in [0.717, 1.165) is 11.1 Å². The molecule has 2 aliphatic heterocycles. The fraction of sp³-hybridized carbons (Fsp3) is 0.381. The van der Waals surface area contributed by atoms with Gasteiger partial charge in [-0.1, -0.05) is 24.3 Å². The number of morpholine rings is 1. The third kappa shape index (κ3) is 4.49. The highest BCUT2D eigenvalue weighted by Gasteiger charge is 2.42. The fourth-order valence-electron chi connectivity index (χ4n) is 3.96. The van der Waals surface area contributed by atoms with Crippen molar-refractivity contribution in [3.05, 3.63) is 65.5 Å². The van der Waals surface area contributed by atoms with Gasteiger partial charge in [-0.2, -0.15) is 0 Å². The van der Waals surface area contributed by atoms with E-state index in [4.69, 9.17) is 4.74 Å². The summed E-state index contributed by atoms with van der Waals surface area (Å²) < 4.78 is 42.1. The summed E-state index contributed by atoms with van der Waals surface area (Å²) >= 11 is 0. The van der Waals surface area contributed by atoms with Gasteiger partial charge in [-0.05, 0) is 35.4 Å². The van der Waals surface area contributed by atoms with Crippen molar-refractivity contribution in [3.63, 3.8) is 0 Å². The molecule has 0 unspecified atom stereocenters. The third-order valence-electron chi connectivity index (χ3n) is 5.48. The average molecular weight is 418 g/mol. The second-order valence-corrected chi connectivity index (χ2v) is 9.69. The molecule has 0 radical (unpaired) electrons. The first-order chi connectivity index (χ1) is 13.8. The van der Waals surface area contributed by atoms with E-state index in [-0.39, 0.29) is 30.5 Å². The molecule has 0 spiro atoms. The number of sulfone groups is 1. The van der Waals surface area contributed by atoms with Crippen LogP contribution in [0.2, 0.25) is 0 Å². The smallest absolute Gasteiger partial charge is 0.249 e. The predicted octanol–water partition coefficient (Wildman–Crippen LogP) is 1.84. The summed E-state index contributed by atoms with van der Waals surface area (Å²) in [6, 6.07) is 13.0. The highest BCUT2D eigenvalue weighted by molar-refractivity contribution is 7.90. The van der Waals surface area contributed by atoms with Crippen LogP contribution in [0.3, 0.4) is 0 Å². The molecule has 0 aliphatic carbocycles. The van der Waals surface area contributed by atoms with Crippen molar-refractivity contribution < 1.29 is 22.3 Å². The minimum absolute atomic E-state index is 0.0548. The molecule has 2 fully saturated rings. The van der Waals surface area contributed by atoms with Crippen LogP contribution in [-0.2, 0) is 32.5 Å². The Morgan fingerprint density at radius 3 is 2.28 bits per heavy atom. The lowest BCUT2D eigenvalue weighted by Gasteiger charge is -2.36. The predicted molar refractivity (Wildman–Crippen MR) is 105 cm³/mol. The maximum atomic E-state index is 13.2. The Morgan fingerprint density at radius 2 is 1.62 bits per heavy atom. The highest BCUT2D eigenvalue weighted by atomic mass is 32.2. The Hall–Kier alpha value is -2.29. The number of nitrogens with zero attached hydrogens (tertiary/aromatic N) is 2. The number of hydrogen-bond acceptors (Lipinski definition) is 5. The van der Waals surface area contributed by atoms with Gasteiger partial charge in [0.05, 0.1) is 17.0 Å². The van der Waals surface area contributed by atoms with Crippen LogP contribution in [0, 0.1) is 5.82 Å². The zero-order valence-electron chi connectivity index (χ0n) is 16.1. The highest BCUT2D eigenvalue weighted by Crippen LogP contribution is 2.26. The van der Waals surface area contributed by atoms with Gasteiger partial charge in [-0.3, -0.25) is 9.69 Å². The molecule has 0 N–H and O–H groups in total. The van der Waals surface area contributed by atoms with Crippen molar-refractivity contribution in [1.29, 1.82) is 0 Å². The summed E-state index contributed by atoms with van der Waals surface area (Å²) in [6.07, 6.45) is 1.13. The second-order valence-electron chi connectivity index (χ2n) is 7.68. The van der Waals surface area contributed by atoms with Crippen LogP contribution in [0.25, 0.3) is 0 Å². The van der Waals surface area contributed by atoms with Gasteiger partial charge in [0.1, 0.15) is 12.4 Å². The van der Waals surface area contributed by atoms with Crippen molar-refractivity contribution in [1.82, 2.24) is 9.80 Å². The van der Waals surface area contributed by atoms with Crippen molar-refractivity contribution in [3.8, 4) is 0 Å². The average Bonchev–Trinajstić information content (AvgIpc) is 3.08. The van der Waals surface area contributed by atoms with Crippen LogP contribution in [0.15, 0.2) is 53.4 Å². The molecule has 8 heteroatoms. The maximum absolute atomic E-state index is 13.2. The minimum Gasteiger partial charge on any atom is -0.365 e. The molecule has 0 aromatic heterocycles. The first-order valence-corrected chi connectivity index (χ1v) is 11.4. The van der Waals surface area contributed by atoms with E-state index in [1.54, 1.807) is 24.3 Å². The van der Waals surface area contributed by atoms with E-state index >= 15 is 0 Å². The monoisotopic (exact) mass is 418 g/mol. The third-order valence-corrected chi connectivity index (χ3v) is 6.61. The number of halogens is 1. The van der Waals surface area contributed by atoms with E-state index in [9.17, 15) is 17.6 Å². The molecule has 2 aromatic rings. The summed E-state index contributed by atoms with van der Waals surface area (Å²) in [5.74, 6) is -0.358. The molecule has 0 saturated carbocycles. The topological polar surface area (TPSA) is 66.9 Å². The standard InChI is InChI=1S/C21H23FN2O4S/c1-29(26,27)18-8-4-15(5-9-18)10-23-12-19-20(13-23)28-14-21(25)24(19)11-16-2-6-17(22)7-3-16/h2-9,19-20H,10-14H2,1H3/t19-,20+/m1/s1. The zero-order chi connectivity index (χ0) is 20.6. The number of ether oxygens (including phenoxy) is 1. The van der Waals surface area contributed by atoms with Crippen LogP contribution in [0.1, 0.15) is 11.1 Å². The Labute approximate surface area is 169 Å². The number of fused-ring (bicyclic) bond motifs is 1.